The number of rotatable bonds is 5. The summed E-state index contributed by atoms with van der Waals surface area (Å²) in [6.45, 7) is 1.92. The lowest BCUT2D eigenvalue weighted by Gasteiger charge is -2.28. The number of thiophene rings is 1. The summed E-state index contributed by atoms with van der Waals surface area (Å²) in [6.07, 6.45) is 3.34. The number of hydrogen-bond acceptors (Lipinski definition) is 6. The number of nitrogens with one attached hydrogen (secondary N) is 1. The van der Waals surface area contributed by atoms with Gasteiger partial charge in [0.05, 0.1) is 7.11 Å². The van der Waals surface area contributed by atoms with E-state index < -0.39 is 21.5 Å². The van der Waals surface area contributed by atoms with Gasteiger partial charge in [-0.3, -0.25) is 0 Å². The normalized spacial score (nSPS) is 17.9. The number of hydrogen-bond donors (Lipinski definition) is 2. The van der Waals surface area contributed by atoms with Gasteiger partial charge in [0, 0.05) is 12.1 Å². The zero-order valence-electron chi connectivity index (χ0n) is 12.1. The summed E-state index contributed by atoms with van der Waals surface area (Å²) in [7, 11) is -2.57. The molecule has 0 bridgehead atoms. The van der Waals surface area contributed by atoms with Crippen LogP contribution in [-0.4, -0.2) is 33.6 Å². The molecule has 0 spiro atoms. The molecule has 0 atom stereocenters. The number of ether oxygens (including phenoxy) is 1. The van der Waals surface area contributed by atoms with Gasteiger partial charge in [-0.15, -0.1) is 11.3 Å². The van der Waals surface area contributed by atoms with E-state index in [0.717, 1.165) is 37.0 Å². The predicted octanol–water partition coefficient (Wildman–Crippen LogP) is 1.39. The minimum atomic E-state index is -3.81. The van der Waals surface area contributed by atoms with Gasteiger partial charge in [-0.2, -0.15) is 0 Å². The quantitative estimate of drug-likeness (QED) is 0.794. The lowest BCUT2D eigenvalue weighted by atomic mass is 10.0. The molecule has 1 fully saturated rings. The molecule has 1 aromatic rings. The number of carbonyl (C=O) groups is 1. The second kappa shape index (κ2) is 6.04. The lowest BCUT2D eigenvalue weighted by molar-refractivity contribution is 0.0602. The van der Waals surface area contributed by atoms with Crippen LogP contribution in [0.25, 0.3) is 0 Å². The third kappa shape index (κ3) is 3.13. The highest BCUT2D eigenvalue weighted by Crippen LogP contribution is 2.33. The van der Waals surface area contributed by atoms with Gasteiger partial charge in [0.25, 0.3) is 0 Å². The van der Waals surface area contributed by atoms with Crippen LogP contribution in [-0.2, 0) is 14.8 Å². The average molecular weight is 332 g/mol. The number of aryl methyl sites for hydroxylation is 1. The minimum Gasteiger partial charge on any atom is -0.465 e. The highest BCUT2D eigenvalue weighted by Gasteiger charge is 2.39. The van der Waals surface area contributed by atoms with Gasteiger partial charge in [-0.05, 0) is 30.7 Å². The molecule has 0 unspecified atom stereocenters. The third-order valence-electron chi connectivity index (χ3n) is 3.86. The summed E-state index contributed by atoms with van der Waals surface area (Å²) in [5.41, 5.74) is 5.72. The topological polar surface area (TPSA) is 98.5 Å². The minimum absolute atomic E-state index is 0.0130. The van der Waals surface area contributed by atoms with Crippen LogP contribution in [0.15, 0.2) is 10.3 Å². The standard InChI is InChI=1S/C13H20N2O4S2/c1-9-7-20-10(12(16)19-2)11(9)21(17,18)15-13(8-14)5-3-4-6-13/h7,15H,3-6,8,14H2,1-2H3. The summed E-state index contributed by atoms with van der Waals surface area (Å²) in [6, 6.07) is 0. The van der Waals surface area contributed by atoms with Crippen LogP contribution in [0.5, 0.6) is 0 Å². The first-order valence-electron chi connectivity index (χ1n) is 6.76. The molecule has 0 radical (unpaired) electrons. The molecule has 3 N–H and O–H groups in total. The van der Waals surface area contributed by atoms with Crippen molar-refractivity contribution in [3.63, 3.8) is 0 Å². The summed E-state index contributed by atoms with van der Waals surface area (Å²) >= 11 is 1.08. The van der Waals surface area contributed by atoms with Crippen molar-refractivity contribution in [2.75, 3.05) is 13.7 Å². The van der Waals surface area contributed by atoms with Crippen molar-refractivity contribution in [1.82, 2.24) is 4.72 Å². The van der Waals surface area contributed by atoms with Crippen molar-refractivity contribution in [3.05, 3.63) is 15.8 Å². The molecular formula is C13H20N2O4S2. The Balaban J connectivity index is 2.40. The van der Waals surface area contributed by atoms with Gasteiger partial charge < -0.3 is 10.5 Å². The summed E-state index contributed by atoms with van der Waals surface area (Å²) in [5.74, 6) is -0.637. The number of carbonyl (C=O) groups excluding carboxylic acids is 1. The molecular weight excluding hydrogens is 312 g/mol. The Hall–Kier alpha value is -0.960. The molecule has 1 saturated carbocycles. The van der Waals surface area contributed by atoms with Crippen molar-refractivity contribution in [2.24, 2.45) is 5.73 Å². The molecule has 2 rings (SSSR count). The Bertz CT molecular complexity index is 631. The van der Waals surface area contributed by atoms with Crippen molar-refractivity contribution in [3.8, 4) is 0 Å². The van der Waals surface area contributed by atoms with E-state index in [0.29, 0.717) is 5.56 Å². The Morgan fingerprint density at radius 3 is 2.62 bits per heavy atom. The Labute approximate surface area is 128 Å². The highest BCUT2D eigenvalue weighted by atomic mass is 32.2. The van der Waals surface area contributed by atoms with Crippen LogP contribution in [0.3, 0.4) is 0 Å². The highest BCUT2D eigenvalue weighted by molar-refractivity contribution is 7.89. The van der Waals surface area contributed by atoms with E-state index in [2.05, 4.69) is 9.46 Å². The Kier molecular flexibility index (Phi) is 4.72. The first-order valence-corrected chi connectivity index (χ1v) is 9.12. The number of nitrogens with two attached hydrogens (primary N) is 1. The van der Waals surface area contributed by atoms with E-state index >= 15 is 0 Å². The molecule has 0 saturated heterocycles. The molecule has 0 aromatic carbocycles. The van der Waals surface area contributed by atoms with Crippen LogP contribution in [0.2, 0.25) is 0 Å². The molecule has 0 amide bonds. The molecule has 8 heteroatoms. The van der Waals surface area contributed by atoms with Gasteiger partial charge in [0.15, 0.2) is 0 Å². The number of sulfonamides is 1. The molecule has 118 valence electrons. The van der Waals surface area contributed by atoms with E-state index in [1.165, 1.54) is 7.11 Å². The maximum absolute atomic E-state index is 12.7. The molecule has 1 aliphatic carbocycles. The summed E-state index contributed by atoms with van der Waals surface area (Å²) in [5, 5.41) is 1.64. The molecule has 0 aliphatic heterocycles. The fraction of sp³-hybridized carbons (Fsp3) is 0.615. The molecule has 1 aromatic heterocycles. The van der Waals surface area contributed by atoms with Gasteiger partial charge in [0.1, 0.15) is 9.77 Å². The van der Waals surface area contributed by atoms with E-state index in [1.54, 1.807) is 12.3 Å². The molecule has 21 heavy (non-hydrogen) atoms. The SMILES string of the molecule is COC(=O)c1scc(C)c1S(=O)(=O)NC1(CN)CCCC1. The Morgan fingerprint density at radius 1 is 1.48 bits per heavy atom. The number of esters is 1. The van der Waals surface area contributed by atoms with Gasteiger partial charge >= 0.3 is 5.97 Å². The van der Waals surface area contributed by atoms with Crippen LogP contribution < -0.4 is 10.5 Å². The largest absolute Gasteiger partial charge is 0.465 e. The van der Waals surface area contributed by atoms with Gasteiger partial charge in [-0.25, -0.2) is 17.9 Å². The van der Waals surface area contributed by atoms with Crippen LogP contribution in [0.4, 0.5) is 0 Å². The van der Waals surface area contributed by atoms with Gasteiger partial charge in [0.2, 0.25) is 10.0 Å². The average Bonchev–Trinajstić information content (AvgIpc) is 3.05. The fourth-order valence-electron chi connectivity index (χ4n) is 2.74. The van der Waals surface area contributed by atoms with E-state index in [-0.39, 0.29) is 16.3 Å². The fourth-order valence-corrected chi connectivity index (χ4v) is 5.91. The van der Waals surface area contributed by atoms with Crippen molar-refractivity contribution in [2.45, 2.75) is 43.0 Å². The maximum Gasteiger partial charge on any atom is 0.349 e. The summed E-state index contributed by atoms with van der Waals surface area (Å²) < 4.78 is 32.8. The molecule has 1 aliphatic rings. The van der Waals surface area contributed by atoms with Crippen molar-refractivity contribution in [1.29, 1.82) is 0 Å². The predicted molar refractivity (Wildman–Crippen MR) is 81.0 cm³/mol. The van der Waals surface area contributed by atoms with Gasteiger partial charge in [-0.1, -0.05) is 12.8 Å². The third-order valence-corrected chi connectivity index (χ3v) is 6.83. The first kappa shape index (κ1) is 16.4. The number of methoxy groups -OCH3 is 1. The first-order chi connectivity index (χ1) is 9.85. The summed E-state index contributed by atoms with van der Waals surface area (Å²) in [4.78, 5) is 11.9. The second-order valence-corrected chi connectivity index (χ2v) is 7.86. The van der Waals surface area contributed by atoms with E-state index in [4.69, 9.17) is 5.73 Å². The van der Waals surface area contributed by atoms with E-state index in [9.17, 15) is 13.2 Å². The van der Waals surface area contributed by atoms with Crippen molar-refractivity contribution >= 4 is 27.3 Å². The van der Waals surface area contributed by atoms with Crippen LogP contribution >= 0.6 is 11.3 Å². The molecule has 1 heterocycles. The van der Waals surface area contributed by atoms with E-state index in [1.807, 2.05) is 0 Å². The zero-order valence-corrected chi connectivity index (χ0v) is 13.8. The lowest BCUT2D eigenvalue weighted by Crippen LogP contribution is -2.51. The molecule has 6 nitrogen and oxygen atoms in total. The van der Waals surface area contributed by atoms with Crippen LogP contribution in [0.1, 0.15) is 40.9 Å². The van der Waals surface area contributed by atoms with Crippen LogP contribution in [0, 0.1) is 6.92 Å². The zero-order chi connectivity index (χ0) is 15.7. The smallest absolute Gasteiger partial charge is 0.349 e. The Morgan fingerprint density at radius 2 is 2.10 bits per heavy atom. The monoisotopic (exact) mass is 332 g/mol. The van der Waals surface area contributed by atoms with Crippen molar-refractivity contribution < 1.29 is 17.9 Å². The maximum atomic E-state index is 12.7. The second-order valence-electron chi connectivity index (χ2n) is 5.37.